The van der Waals surface area contributed by atoms with Gasteiger partial charge in [0.05, 0.1) is 24.8 Å². The van der Waals surface area contributed by atoms with Crippen LogP contribution in [-0.2, 0) is 32.6 Å². The Morgan fingerprint density at radius 1 is 0.848 bits per heavy atom. The Morgan fingerprint density at radius 2 is 1.48 bits per heavy atom. The van der Waals surface area contributed by atoms with Gasteiger partial charge in [0.15, 0.2) is 11.5 Å². The Bertz CT molecular complexity index is 1720. The van der Waals surface area contributed by atoms with E-state index < -0.39 is 40.2 Å². The minimum Gasteiger partial charge on any atom is -0.493 e. The molecule has 0 saturated heterocycles. The topological polar surface area (TPSA) is 105 Å². The zero-order valence-electron chi connectivity index (χ0n) is 26.1. The monoisotopic (exact) mass is 647 g/mol. The number of halogens is 1. The smallest absolute Gasteiger partial charge is 0.264 e. The number of nitrogens with zero attached hydrogens (tertiary/aromatic N) is 2. The van der Waals surface area contributed by atoms with Crippen LogP contribution in [0.15, 0.2) is 108 Å². The van der Waals surface area contributed by atoms with Gasteiger partial charge in [0.2, 0.25) is 11.8 Å². The predicted octanol–water partition coefficient (Wildman–Crippen LogP) is 5.20. The second-order valence-corrected chi connectivity index (χ2v) is 12.3. The summed E-state index contributed by atoms with van der Waals surface area (Å²) in [6, 6.07) is 26.3. The normalized spacial score (nSPS) is 11.7. The third-order valence-corrected chi connectivity index (χ3v) is 9.17. The first-order valence-electron chi connectivity index (χ1n) is 14.8. The molecule has 0 aliphatic heterocycles. The summed E-state index contributed by atoms with van der Waals surface area (Å²) in [5, 5.41) is 2.87. The number of anilines is 1. The quantitative estimate of drug-likeness (QED) is 0.190. The number of methoxy groups -OCH3 is 2. The highest BCUT2D eigenvalue weighted by molar-refractivity contribution is 7.92. The second-order valence-electron chi connectivity index (χ2n) is 10.5. The molecule has 2 amide bonds. The number of sulfonamides is 1. The highest BCUT2D eigenvalue weighted by Gasteiger charge is 2.35. The van der Waals surface area contributed by atoms with Gasteiger partial charge < -0.3 is 19.7 Å². The Morgan fingerprint density at radius 3 is 2.11 bits per heavy atom. The van der Waals surface area contributed by atoms with Gasteiger partial charge in [-0.25, -0.2) is 12.8 Å². The molecule has 0 heterocycles. The van der Waals surface area contributed by atoms with Crippen molar-refractivity contribution in [3.8, 4) is 11.5 Å². The molecule has 0 radical (unpaired) electrons. The Kier molecular flexibility index (Phi) is 11.7. The molecular formula is C35H38FN3O6S. The Hall–Kier alpha value is -4.90. The highest BCUT2D eigenvalue weighted by Crippen LogP contribution is 2.34. The van der Waals surface area contributed by atoms with Crippen LogP contribution >= 0.6 is 0 Å². The maximum absolute atomic E-state index is 15.0. The predicted molar refractivity (Wildman–Crippen MR) is 175 cm³/mol. The highest BCUT2D eigenvalue weighted by atomic mass is 32.2. The lowest BCUT2D eigenvalue weighted by Crippen LogP contribution is -2.53. The fourth-order valence-corrected chi connectivity index (χ4v) is 6.39. The number of nitrogens with one attached hydrogen (secondary N) is 1. The van der Waals surface area contributed by atoms with Crippen molar-refractivity contribution in [1.82, 2.24) is 10.2 Å². The first-order chi connectivity index (χ1) is 22.2. The average molecular weight is 648 g/mol. The van der Waals surface area contributed by atoms with E-state index in [9.17, 15) is 18.0 Å². The summed E-state index contributed by atoms with van der Waals surface area (Å²) in [6.07, 6.45) is 0.784. The second kappa shape index (κ2) is 15.9. The largest absolute Gasteiger partial charge is 0.493 e. The van der Waals surface area contributed by atoms with Crippen molar-refractivity contribution >= 4 is 27.5 Å². The van der Waals surface area contributed by atoms with Gasteiger partial charge >= 0.3 is 0 Å². The minimum atomic E-state index is -4.31. The molecule has 11 heteroatoms. The van der Waals surface area contributed by atoms with Crippen LogP contribution in [0.2, 0.25) is 0 Å². The van der Waals surface area contributed by atoms with E-state index in [1.807, 2.05) is 37.3 Å². The number of rotatable bonds is 15. The van der Waals surface area contributed by atoms with Crippen LogP contribution in [0.4, 0.5) is 10.1 Å². The van der Waals surface area contributed by atoms with Gasteiger partial charge in [-0.15, -0.1) is 0 Å². The van der Waals surface area contributed by atoms with E-state index in [1.54, 1.807) is 30.3 Å². The van der Waals surface area contributed by atoms with Gasteiger partial charge in [-0.2, -0.15) is 0 Å². The van der Waals surface area contributed by atoms with E-state index in [0.29, 0.717) is 18.7 Å². The lowest BCUT2D eigenvalue weighted by molar-refractivity contribution is -0.140. The molecule has 0 saturated carbocycles. The SMILES string of the molecule is CCCNC(=O)[C@H](Cc1ccccc1)N(Cc1ccccc1F)C(=O)CN(c1ccc(OC)c(OC)c1)S(=O)(=O)c1ccccc1. The fourth-order valence-electron chi connectivity index (χ4n) is 4.96. The lowest BCUT2D eigenvalue weighted by Gasteiger charge is -2.34. The Labute approximate surface area is 269 Å². The summed E-state index contributed by atoms with van der Waals surface area (Å²) in [5.41, 5.74) is 1.09. The molecule has 1 N–H and O–H groups in total. The van der Waals surface area contributed by atoms with Crippen molar-refractivity contribution in [2.45, 2.75) is 37.2 Å². The zero-order chi connectivity index (χ0) is 33.1. The van der Waals surface area contributed by atoms with E-state index in [1.165, 1.54) is 61.6 Å². The molecule has 9 nitrogen and oxygen atoms in total. The average Bonchev–Trinajstić information content (AvgIpc) is 3.08. The van der Waals surface area contributed by atoms with Crippen LogP contribution < -0.4 is 19.1 Å². The summed E-state index contributed by atoms with van der Waals surface area (Å²) in [4.78, 5) is 29.4. The molecule has 4 aromatic carbocycles. The lowest BCUT2D eigenvalue weighted by atomic mass is 10.0. The van der Waals surface area contributed by atoms with Gasteiger partial charge in [0, 0.05) is 31.1 Å². The first-order valence-corrected chi connectivity index (χ1v) is 16.3. The van der Waals surface area contributed by atoms with Crippen molar-refractivity contribution < 1.29 is 31.9 Å². The molecule has 4 rings (SSSR count). The first kappa shape index (κ1) is 34.0. The van der Waals surface area contributed by atoms with Gasteiger partial charge in [-0.05, 0) is 42.3 Å². The molecule has 0 aromatic heterocycles. The van der Waals surface area contributed by atoms with Gasteiger partial charge in [-0.1, -0.05) is 73.7 Å². The van der Waals surface area contributed by atoms with Crippen molar-refractivity contribution in [1.29, 1.82) is 0 Å². The van der Waals surface area contributed by atoms with Crippen molar-refractivity contribution in [2.75, 3.05) is 31.6 Å². The van der Waals surface area contributed by atoms with Crippen molar-refractivity contribution in [3.63, 3.8) is 0 Å². The van der Waals surface area contributed by atoms with Crippen molar-refractivity contribution in [3.05, 3.63) is 120 Å². The number of benzene rings is 4. The van der Waals surface area contributed by atoms with E-state index in [4.69, 9.17) is 9.47 Å². The molecule has 0 aliphatic rings. The van der Waals surface area contributed by atoms with E-state index >= 15 is 4.39 Å². The summed E-state index contributed by atoms with van der Waals surface area (Å²) in [5.74, 6) is -1.07. The van der Waals surface area contributed by atoms with Crippen molar-refractivity contribution in [2.24, 2.45) is 0 Å². The van der Waals surface area contributed by atoms with Crippen LogP contribution in [0.25, 0.3) is 0 Å². The number of ether oxygens (including phenoxy) is 2. The number of carbonyl (C=O) groups is 2. The molecule has 0 unspecified atom stereocenters. The number of hydrogen-bond donors (Lipinski definition) is 1. The standard InChI is InChI=1S/C35H38FN3O6S/c1-4-21-37-35(41)31(22-26-13-7-5-8-14-26)38(24-27-15-11-12-18-30(27)36)34(40)25-39(46(42,43)29-16-9-6-10-17-29)28-19-20-32(44-2)33(23-28)45-3/h5-20,23,31H,4,21-22,24-25H2,1-3H3,(H,37,41)/t31-/m0/s1. The molecule has 242 valence electrons. The maximum atomic E-state index is 15.0. The van der Waals surface area contributed by atoms with E-state index in [2.05, 4.69) is 5.32 Å². The summed E-state index contributed by atoms with van der Waals surface area (Å²) >= 11 is 0. The van der Waals surface area contributed by atoms with Crippen LogP contribution in [0.3, 0.4) is 0 Å². The fraction of sp³-hybridized carbons (Fsp3) is 0.257. The Balaban J connectivity index is 1.83. The molecule has 0 fully saturated rings. The van der Waals surface area contributed by atoms with E-state index in [-0.39, 0.29) is 34.9 Å². The zero-order valence-corrected chi connectivity index (χ0v) is 26.9. The summed E-state index contributed by atoms with van der Waals surface area (Å²) < 4.78 is 55.0. The van der Waals surface area contributed by atoms with Gasteiger partial charge in [0.25, 0.3) is 10.0 Å². The van der Waals surface area contributed by atoms with Gasteiger partial charge in [-0.3, -0.25) is 13.9 Å². The molecule has 0 bridgehead atoms. The van der Waals surface area contributed by atoms with Crippen LogP contribution in [-0.4, -0.2) is 58.5 Å². The summed E-state index contributed by atoms with van der Waals surface area (Å²) in [7, 11) is -1.44. The minimum absolute atomic E-state index is 0.0419. The molecule has 46 heavy (non-hydrogen) atoms. The maximum Gasteiger partial charge on any atom is 0.264 e. The summed E-state index contributed by atoms with van der Waals surface area (Å²) in [6.45, 7) is 1.32. The third kappa shape index (κ3) is 8.22. The van der Waals surface area contributed by atoms with E-state index in [0.717, 1.165) is 9.87 Å². The molecule has 0 spiro atoms. The number of hydrogen-bond acceptors (Lipinski definition) is 6. The molecule has 1 atom stereocenters. The van der Waals surface area contributed by atoms with Crippen LogP contribution in [0.1, 0.15) is 24.5 Å². The number of amides is 2. The number of carbonyl (C=O) groups excluding carboxylic acids is 2. The molecule has 4 aromatic rings. The molecule has 0 aliphatic carbocycles. The van der Waals surface area contributed by atoms with Gasteiger partial charge in [0.1, 0.15) is 18.4 Å². The third-order valence-electron chi connectivity index (χ3n) is 7.38. The van der Waals surface area contributed by atoms with Crippen LogP contribution in [0, 0.1) is 5.82 Å². The van der Waals surface area contributed by atoms with Crippen LogP contribution in [0.5, 0.6) is 11.5 Å². The molecular weight excluding hydrogens is 609 g/mol.